The van der Waals surface area contributed by atoms with Gasteiger partial charge in [0.1, 0.15) is 17.4 Å². The Hall–Kier alpha value is -1.55. The summed E-state index contributed by atoms with van der Waals surface area (Å²) in [7, 11) is 1.63. The van der Waals surface area contributed by atoms with Gasteiger partial charge in [0.2, 0.25) is 0 Å². The molecule has 0 spiro atoms. The molecule has 98 valence electrons. The van der Waals surface area contributed by atoms with Crippen molar-refractivity contribution in [1.29, 1.82) is 0 Å². The fourth-order valence-corrected chi connectivity index (χ4v) is 1.81. The molecule has 1 aromatic carbocycles. The lowest BCUT2D eigenvalue weighted by Crippen LogP contribution is -2.27. The summed E-state index contributed by atoms with van der Waals surface area (Å²) < 4.78 is 10.4. The lowest BCUT2D eigenvalue weighted by atomic mass is 10.1. The molecular formula is C14H19NO3. The summed E-state index contributed by atoms with van der Waals surface area (Å²) in [4.78, 5) is 11.8. The summed E-state index contributed by atoms with van der Waals surface area (Å²) >= 11 is 0. The van der Waals surface area contributed by atoms with E-state index in [9.17, 15) is 4.79 Å². The first kappa shape index (κ1) is 12.9. The average Bonchev–Trinajstić information content (AvgIpc) is 3.07. The molecule has 2 atom stereocenters. The normalized spacial score (nSPS) is 22.4. The molecule has 0 aromatic heterocycles. The topological polar surface area (TPSA) is 57.5 Å². The summed E-state index contributed by atoms with van der Waals surface area (Å²) in [6, 6.07) is 7.54. The fraction of sp³-hybridized carbons (Fsp3) is 0.500. The quantitative estimate of drug-likeness (QED) is 0.658. The highest BCUT2D eigenvalue weighted by atomic mass is 16.6. The SMILES string of the molecule is COc1ccc([C@@H]2N[C@@H]2C(=O)OC(C)(C)C)cc1. The minimum absolute atomic E-state index is 0.0609. The minimum atomic E-state index is -0.439. The first-order chi connectivity index (χ1) is 8.40. The van der Waals surface area contributed by atoms with E-state index in [1.807, 2.05) is 45.0 Å². The zero-order valence-electron chi connectivity index (χ0n) is 11.2. The maximum absolute atomic E-state index is 11.8. The second-order valence-electron chi connectivity index (χ2n) is 5.43. The smallest absolute Gasteiger partial charge is 0.325 e. The van der Waals surface area contributed by atoms with E-state index in [2.05, 4.69) is 5.32 Å². The Bertz CT molecular complexity index is 433. The molecule has 1 aliphatic rings. The summed E-state index contributed by atoms with van der Waals surface area (Å²) in [5, 5.41) is 3.13. The Morgan fingerprint density at radius 3 is 2.33 bits per heavy atom. The van der Waals surface area contributed by atoms with Crippen molar-refractivity contribution in [2.45, 2.75) is 38.5 Å². The molecule has 0 bridgehead atoms. The predicted molar refractivity (Wildman–Crippen MR) is 68.5 cm³/mol. The molecule has 1 aromatic rings. The predicted octanol–water partition coefficient (Wildman–Crippen LogP) is 2.05. The van der Waals surface area contributed by atoms with Crippen molar-refractivity contribution < 1.29 is 14.3 Å². The van der Waals surface area contributed by atoms with Crippen LogP contribution in [0, 0.1) is 0 Å². The number of esters is 1. The van der Waals surface area contributed by atoms with Gasteiger partial charge in [-0.3, -0.25) is 10.1 Å². The monoisotopic (exact) mass is 249 g/mol. The van der Waals surface area contributed by atoms with Gasteiger partial charge in [0.05, 0.1) is 13.2 Å². The maximum Gasteiger partial charge on any atom is 0.325 e. The number of carbonyl (C=O) groups is 1. The molecule has 4 heteroatoms. The van der Waals surface area contributed by atoms with Crippen molar-refractivity contribution in [3.8, 4) is 5.75 Å². The number of methoxy groups -OCH3 is 1. The Morgan fingerprint density at radius 2 is 1.83 bits per heavy atom. The van der Waals surface area contributed by atoms with Crippen LogP contribution in [0.4, 0.5) is 0 Å². The highest BCUT2D eigenvalue weighted by molar-refractivity contribution is 5.81. The van der Waals surface area contributed by atoms with Crippen LogP contribution >= 0.6 is 0 Å². The van der Waals surface area contributed by atoms with Crippen LogP contribution in [0.25, 0.3) is 0 Å². The van der Waals surface area contributed by atoms with Gasteiger partial charge in [-0.15, -0.1) is 0 Å². The van der Waals surface area contributed by atoms with Gasteiger partial charge in [-0.2, -0.15) is 0 Å². The van der Waals surface area contributed by atoms with Crippen LogP contribution in [0.3, 0.4) is 0 Å². The highest BCUT2D eigenvalue weighted by Crippen LogP contribution is 2.32. The van der Waals surface area contributed by atoms with Crippen LogP contribution < -0.4 is 10.1 Å². The lowest BCUT2D eigenvalue weighted by Gasteiger charge is -2.19. The van der Waals surface area contributed by atoms with Gasteiger partial charge < -0.3 is 9.47 Å². The first-order valence-corrected chi connectivity index (χ1v) is 6.03. The van der Waals surface area contributed by atoms with Crippen molar-refractivity contribution in [3.63, 3.8) is 0 Å². The molecular weight excluding hydrogens is 230 g/mol. The van der Waals surface area contributed by atoms with Gasteiger partial charge >= 0.3 is 5.97 Å². The van der Waals surface area contributed by atoms with Crippen molar-refractivity contribution in [3.05, 3.63) is 29.8 Å². The van der Waals surface area contributed by atoms with Crippen LogP contribution in [0.1, 0.15) is 32.4 Å². The summed E-state index contributed by atoms with van der Waals surface area (Å²) in [6.45, 7) is 5.61. The van der Waals surface area contributed by atoms with Crippen LogP contribution in [0.2, 0.25) is 0 Å². The maximum atomic E-state index is 11.8. The number of nitrogens with one attached hydrogen (secondary N) is 1. The van der Waals surface area contributed by atoms with Gasteiger partial charge in [-0.25, -0.2) is 0 Å². The molecule has 0 amide bonds. The molecule has 1 saturated heterocycles. The zero-order valence-corrected chi connectivity index (χ0v) is 11.2. The third kappa shape index (κ3) is 3.01. The molecule has 0 radical (unpaired) electrons. The molecule has 1 fully saturated rings. The van der Waals surface area contributed by atoms with E-state index in [0.717, 1.165) is 11.3 Å². The molecule has 0 saturated carbocycles. The van der Waals surface area contributed by atoms with Crippen molar-refractivity contribution >= 4 is 5.97 Å². The number of carbonyl (C=O) groups excluding carboxylic acids is 1. The van der Waals surface area contributed by atoms with Crippen molar-refractivity contribution in [2.75, 3.05) is 7.11 Å². The van der Waals surface area contributed by atoms with Crippen molar-refractivity contribution in [2.24, 2.45) is 0 Å². The van der Waals surface area contributed by atoms with Gasteiger partial charge in [0, 0.05) is 0 Å². The molecule has 0 unspecified atom stereocenters. The van der Waals surface area contributed by atoms with Gasteiger partial charge in [0.15, 0.2) is 0 Å². The Balaban J connectivity index is 1.96. The first-order valence-electron chi connectivity index (χ1n) is 6.03. The molecule has 1 aliphatic heterocycles. The summed E-state index contributed by atoms with van der Waals surface area (Å²) in [5.41, 5.74) is 0.637. The number of hydrogen-bond acceptors (Lipinski definition) is 4. The van der Waals surface area contributed by atoms with E-state index >= 15 is 0 Å². The van der Waals surface area contributed by atoms with Gasteiger partial charge in [-0.1, -0.05) is 12.1 Å². The molecule has 4 nitrogen and oxygen atoms in total. The average molecular weight is 249 g/mol. The number of benzene rings is 1. The number of rotatable bonds is 3. The van der Waals surface area contributed by atoms with E-state index in [1.165, 1.54) is 0 Å². The molecule has 18 heavy (non-hydrogen) atoms. The fourth-order valence-electron chi connectivity index (χ4n) is 1.81. The van der Waals surface area contributed by atoms with E-state index in [-0.39, 0.29) is 18.1 Å². The van der Waals surface area contributed by atoms with Gasteiger partial charge in [-0.05, 0) is 38.5 Å². The van der Waals surface area contributed by atoms with E-state index < -0.39 is 5.60 Å². The molecule has 1 heterocycles. The Kier molecular flexibility index (Phi) is 3.30. The summed E-state index contributed by atoms with van der Waals surface area (Å²) in [5.74, 6) is 0.622. The third-order valence-corrected chi connectivity index (χ3v) is 2.72. The van der Waals surface area contributed by atoms with Crippen LogP contribution in [0.5, 0.6) is 5.75 Å². The zero-order chi connectivity index (χ0) is 13.3. The van der Waals surface area contributed by atoms with Crippen LogP contribution in [0.15, 0.2) is 24.3 Å². The Labute approximate surface area is 107 Å². The number of ether oxygens (including phenoxy) is 2. The molecule has 1 N–H and O–H groups in total. The second kappa shape index (κ2) is 4.61. The van der Waals surface area contributed by atoms with E-state index in [1.54, 1.807) is 7.11 Å². The third-order valence-electron chi connectivity index (χ3n) is 2.72. The standard InChI is InChI=1S/C14H19NO3/c1-14(2,3)18-13(16)12-11(15-12)9-5-7-10(17-4)8-6-9/h5-8,11-12,15H,1-4H3/t11-,12-/m0/s1. The Morgan fingerprint density at radius 1 is 1.22 bits per heavy atom. The second-order valence-corrected chi connectivity index (χ2v) is 5.43. The van der Waals surface area contributed by atoms with E-state index in [0.29, 0.717) is 0 Å². The lowest BCUT2D eigenvalue weighted by molar-refractivity contribution is -0.154. The van der Waals surface area contributed by atoms with Crippen LogP contribution in [-0.2, 0) is 9.53 Å². The molecule has 2 rings (SSSR count). The molecule has 0 aliphatic carbocycles. The van der Waals surface area contributed by atoms with Crippen molar-refractivity contribution in [1.82, 2.24) is 5.32 Å². The largest absolute Gasteiger partial charge is 0.497 e. The van der Waals surface area contributed by atoms with Crippen LogP contribution in [-0.4, -0.2) is 24.7 Å². The minimum Gasteiger partial charge on any atom is -0.497 e. The highest BCUT2D eigenvalue weighted by Gasteiger charge is 2.45. The summed E-state index contributed by atoms with van der Waals surface area (Å²) in [6.07, 6.45) is 0. The van der Waals surface area contributed by atoms with E-state index in [4.69, 9.17) is 9.47 Å². The van der Waals surface area contributed by atoms with Gasteiger partial charge in [0.25, 0.3) is 0 Å². The number of hydrogen-bond donors (Lipinski definition) is 1.